The SMILES string of the molecule is CCNC(=NCCCN(C)c1ccccc1F)NCCCOCCOC.I. The van der Waals surface area contributed by atoms with E-state index in [9.17, 15) is 4.39 Å². The fraction of sp³-hybridized carbons (Fsp3) is 0.632. The molecular formula is C19H34FIN4O2. The Morgan fingerprint density at radius 2 is 1.93 bits per heavy atom. The van der Waals surface area contributed by atoms with Gasteiger partial charge >= 0.3 is 0 Å². The number of guanidine groups is 1. The molecule has 0 aliphatic rings. The molecule has 2 N–H and O–H groups in total. The van der Waals surface area contributed by atoms with E-state index in [2.05, 4.69) is 15.6 Å². The van der Waals surface area contributed by atoms with Gasteiger partial charge in [0, 0.05) is 46.9 Å². The van der Waals surface area contributed by atoms with Crippen LogP contribution in [0.4, 0.5) is 10.1 Å². The van der Waals surface area contributed by atoms with Crippen molar-refractivity contribution in [2.75, 3.05) is 65.1 Å². The molecule has 0 aliphatic heterocycles. The molecule has 0 heterocycles. The molecule has 0 atom stereocenters. The molecule has 0 saturated carbocycles. The zero-order valence-electron chi connectivity index (χ0n) is 16.7. The first kappa shape index (κ1) is 25.9. The number of nitrogens with zero attached hydrogens (tertiary/aromatic N) is 2. The normalized spacial score (nSPS) is 11.0. The predicted molar refractivity (Wildman–Crippen MR) is 121 cm³/mol. The molecule has 0 amide bonds. The van der Waals surface area contributed by atoms with Crippen molar-refractivity contribution in [2.45, 2.75) is 19.8 Å². The first-order chi connectivity index (χ1) is 12.7. The lowest BCUT2D eigenvalue weighted by atomic mass is 10.2. The van der Waals surface area contributed by atoms with E-state index in [0.29, 0.717) is 32.1 Å². The molecule has 0 unspecified atom stereocenters. The van der Waals surface area contributed by atoms with Crippen LogP contribution in [-0.2, 0) is 9.47 Å². The third kappa shape index (κ3) is 12.0. The summed E-state index contributed by atoms with van der Waals surface area (Å²) in [5, 5.41) is 6.52. The molecule has 0 bridgehead atoms. The molecule has 0 spiro atoms. The van der Waals surface area contributed by atoms with Crippen LogP contribution in [0.1, 0.15) is 19.8 Å². The topological polar surface area (TPSA) is 58.1 Å². The fourth-order valence-corrected chi connectivity index (χ4v) is 2.35. The van der Waals surface area contributed by atoms with Crippen LogP contribution in [0.3, 0.4) is 0 Å². The molecule has 0 fully saturated rings. The van der Waals surface area contributed by atoms with Crippen LogP contribution in [0.5, 0.6) is 0 Å². The monoisotopic (exact) mass is 496 g/mol. The number of halogens is 2. The Kier molecular flexibility index (Phi) is 16.3. The second-order valence-electron chi connectivity index (χ2n) is 5.87. The maximum atomic E-state index is 13.7. The molecule has 0 radical (unpaired) electrons. The number of benzene rings is 1. The van der Waals surface area contributed by atoms with E-state index in [4.69, 9.17) is 9.47 Å². The molecule has 8 heteroatoms. The van der Waals surface area contributed by atoms with Crippen LogP contribution in [0.15, 0.2) is 29.3 Å². The van der Waals surface area contributed by atoms with Gasteiger partial charge in [-0.2, -0.15) is 0 Å². The van der Waals surface area contributed by atoms with Gasteiger partial charge in [0.05, 0.1) is 18.9 Å². The highest BCUT2D eigenvalue weighted by Gasteiger charge is 2.05. The van der Waals surface area contributed by atoms with Gasteiger partial charge < -0.3 is 25.0 Å². The van der Waals surface area contributed by atoms with Gasteiger partial charge in [0.15, 0.2) is 5.96 Å². The van der Waals surface area contributed by atoms with E-state index in [1.54, 1.807) is 19.2 Å². The van der Waals surface area contributed by atoms with E-state index in [1.165, 1.54) is 6.07 Å². The van der Waals surface area contributed by atoms with Crippen molar-refractivity contribution < 1.29 is 13.9 Å². The number of para-hydroxylation sites is 1. The van der Waals surface area contributed by atoms with Crippen molar-refractivity contribution in [2.24, 2.45) is 4.99 Å². The van der Waals surface area contributed by atoms with Crippen molar-refractivity contribution in [1.82, 2.24) is 10.6 Å². The molecule has 1 aromatic carbocycles. The molecule has 0 saturated heterocycles. The standard InChI is InChI=1S/C19H33FN4O2.HI/c1-4-21-19(23-12-8-14-26-16-15-25-3)22-11-7-13-24(2)18-10-6-5-9-17(18)20;/h5-6,9-10H,4,7-8,11-16H2,1-3H3,(H2,21,22,23);1H. The Morgan fingerprint density at radius 3 is 2.63 bits per heavy atom. The van der Waals surface area contributed by atoms with Gasteiger partial charge in [0.25, 0.3) is 0 Å². The number of anilines is 1. The number of aliphatic imine (C=N–C) groups is 1. The summed E-state index contributed by atoms with van der Waals surface area (Å²) in [4.78, 5) is 6.48. The van der Waals surface area contributed by atoms with Crippen molar-refractivity contribution in [1.29, 1.82) is 0 Å². The maximum absolute atomic E-state index is 13.7. The Morgan fingerprint density at radius 1 is 1.15 bits per heavy atom. The lowest BCUT2D eigenvalue weighted by Crippen LogP contribution is -2.38. The smallest absolute Gasteiger partial charge is 0.191 e. The van der Waals surface area contributed by atoms with Crippen LogP contribution in [0.2, 0.25) is 0 Å². The molecule has 6 nitrogen and oxygen atoms in total. The molecule has 1 aromatic rings. The van der Waals surface area contributed by atoms with Crippen molar-refractivity contribution in [3.63, 3.8) is 0 Å². The number of hydrogen-bond acceptors (Lipinski definition) is 4. The van der Waals surface area contributed by atoms with Crippen LogP contribution < -0.4 is 15.5 Å². The summed E-state index contributed by atoms with van der Waals surface area (Å²) in [6, 6.07) is 6.82. The van der Waals surface area contributed by atoms with Gasteiger partial charge in [-0.3, -0.25) is 4.99 Å². The van der Waals surface area contributed by atoms with Crippen molar-refractivity contribution in [3.8, 4) is 0 Å². The van der Waals surface area contributed by atoms with Gasteiger partial charge in [0.2, 0.25) is 0 Å². The number of nitrogens with one attached hydrogen (secondary N) is 2. The highest BCUT2D eigenvalue weighted by atomic mass is 127. The van der Waals surface area contributed by atoms with Gasteiger partial charge in [-0.15, -0.1) is 24.0 Å². The first-order valence-corrected chi connectivity index (χ1v) is 9.23. The highest BCUT2D eigenvalue weighted by Crippen LogP contribution is 2.16. The Labute approximate surface area is 179 Å². The van der Waals surface area contributed by atoms with Gasteiger partial charge in [-0.05, 0) is 31.9 Å². The zero-order valence-corrected chi connectivity index (χ0v) is 19.0. The van der Waals surface area contributed by atoms with Crippen LogP contribution in [-0.4, -0.2) is 66.1 Å². The second-order valence-corrected chi connectivity index (χ2v) is 5.87. The van der Waals surface area contributed by atoms with E-state index < -0.39 is 0 Å². The molecule has 1 rings (SSSR count). The summed E-state index contributed by atoms with van der Waals surface area (Å²) in [6.07, 6.45) is 1.76. The van der Waals surface area contributed by atoms with Crippen molar-refractivity contribution >= 4 is 35.6 Å². The van der Waals surface area contributed by atoms with E-state index in [0.717, 1.165) is 38.4 Å². The fourth-order valence-electron chi connectivity index (χ4n) is 2.35. The van der Waals surface area contributed by atoms with Gasteiger partial charge in [0.1, 0.15) is 5.82 Å². The van der Waals surface area contributed by atoms with Crippen LogP contribution in [0, 0.1) is 5.82 Å². The number of methoxy groups -OCH3 is 1. The van der Waals surface area contributed by atoms with Gasteiger partial charge in [-0.1, -0.05) is 12.1 Å². The predicted octanol–water partition coefficient (Wildman–Crippen LogP) is 2.88. The Balaban J connectivity index is 0.00000676. The third-order valence-electron chi connectivity index (χ3n) is 3.72. The zero-order chi connectivity index (χ0) is 19.0. The summed E-state index contributed by atoms with van der Waals surface area (Å²) >= 11 is 0. The Bertz CT molecular complexity index is 520. The summed E-state index contributed by atoms with van der Waals surface area (Å²) in [5.74, 6) is 0.610. The van der Waals surface area contributed by atoms with E-state index in [1.807, 2.05) is 24.9 Å². The largest absolute Gasteiger partial charge is 0.382 e. The number of hydrogen-bond donors (Lipinski definition) is 2. The first-order valence-electron chi connectivity index (χ1n) is 9.23. The highest BCUT2D eigenvalue weighted by molar-refractivity contribution is 14.0. The lowest BCUT2D eigenvalue weighted by molar-refractivity contribution is 0.0698. The summed E-state index contributed by atoms with van der Waals surface area (Å²) < 4.78 is 24.1. The minimum atomic E-state index is -0.193. The third-order valence-corrected chi connectivity index (χ3v) is 3.72. The quantitative estimate of drug-likeness (QED) is 0.191. The second kappa shape index (κ2) is 17.0. The minimum Gasteiger partial charge on any atom is -0.382 e. The van der Waals surface area contributed by atoms with Crippen molar-refractivity contribution in [3.05, 3.63) is 30.1 Å². The van der Waals surface area contributed by atoms with E-state index >= 15 is 0 Å². The minimum absolute atomic E-state index is 0. The Hall–Kier alpha value is -1.13. The molecule has 27 heavy (non-hydrogen) atoms. The average Bonchev–Trinajstić information content (AvgIpc) is 2.64. The van der Waals surface area contributed by atoms with E-state index in [-0.39, 0.29) is 29.8 Å². The van der Waals surface area contributed by atoms with Gasteiger partial charge in [-0.25, -0.2) is 4.39 Å². The number of rotatable bonds is 13. The van der Waals surface area contributed by atoms with Crippen LogP contribution in [0.25, 0.3) is 0 Å². The average molecular weight is 496 g/mol. The summed E-state index contributed by atoms with van der Waals surface area (Å²) in [7, 11) is 3.56. The molecular weight excluding hydrogens is 462 g/mol. The molecule has 0 aliphatic carbocycles. The van der Waals surface area contributed by atoms with Crippen LogP contribution >= 0.6 is 24.0 Å². The number of ether oxygens (including phenoxy) is 2. The maximum Gasteiger partial charge on any atom is 0.191 e. The lowest BCUT2D eigenvalue weighted by Gasteiger charge is -2.19. The summed E-state index contributed by atoms with van der Waals surface area (Å²) in [6.45, 7) is 7.02. The summed E-state index contributed by atoms with van der Waals surface area (Å²) in [5.41, 5.74) is 0.620. The molecule has 156 valence electrons. The molecule has 0 aromatic heterocycles.